The lowest BCUT2D eigenvalue weighted by molar-refractivity contribution is 0.284. The van der Waals surface area contributed by atoms with Crippen LogP contribution in [0.15, 0.2) is 36.8 Å². The predicted molar refractivity (Wildman–Crippen MR) is 59.8 cm³/mol. The van der Waals surface area contributed by atoms with Crippen molar-refractivity contribution in [3.8, 4) is 0 Å². The molecule has 1 aliphatic rings. The number of hydrogen-bond donors (Lipinski definition) is 0. The van der Waals surface area contributed by atoms with Crippen LogP contribution in [-0.4, -0.2) is 27.1 Å². The second-order valence-corrected chi connectivity index (χ2v) is 10.9. The molecule has 1 atom stereocenters. The standard InChI is InChI=1S/C7H14O3Si3/c1-5-12(4)8-11-9-13(6-2,7-3)10-12/h5-7H,1-3,11H2,4H3. The van der Waals surface area contributed by atoms with Gasteiger partial charge in [-0.15, -0.1) is 19.7 Å². The van der Waals surface area contributed by atoms with Crippen molar-refractivity contribution >= 4 is 27.1 Å². The first-order valence-electron chi connectivity index (χ1n) is 3.98. The van der Waals surface area contributed by atoms with E-state index >= 15 is 0 Å². The molecule has 0 aromatic carbocycles. The lowest BCUT2D eigenvalue weighted by Crippen LogP contribution is -2.57. The molecule has 1 unspecified atom stereocenters. The Hall–Kier alpha value is -0.249. The van der Waals surface area contributed by atoms with Crippen molar-refractivity contribution in [1.82, 2.24) is 0 Å². The van der Waals surface area contributed by atoms with Crippen LogP contribution in [0.5, 0.6) is 0 Å². The second-order valence-electron chi connectivity index (χ2n) is 2.86. The molecule has 0 aromatic heterocycles. The zero-order valence-electron chi connectivity index (χ0n) is 7.79. The first-order valence-corrected chi connectivity index (χ1v) is 9.50. The molecule has 1 aliphatic heterocycles. The van der Waals surface area contributed by atoms with E-state index in [1.54, 1.807) is 17.1 Å². The van der Waals surface area contributed by atoms with Crippen LogP contribution in [0.25, 0.3) is 0 Å². The topological polar surface area (TPSA) is 27.7 Å². The molecule has 0 spiro atoms. The van der Waals surface area contributed by atoms with Crippen molar-refractivity contribution in [1.29, 1.82) is 0 Å². The fourth-order valence-corrected chi connectivity index (χ4v) is 10.1. The van der Waals surface area contributed by atoms with E-state index in [0.29, 0.717) is 0 Å². The molecule has 0 N–H and O–H groups in total. The van der Waals surface area contributed by atoms with Gasteiger partial charge >= 0.3 is 17.1 Å². The third kappa shape index (κ3) is 2.16. The summed E-state index contributed by atoms with van der Waals surface area (Å²) >= 11 is 0. The Labute approximate surface area is 83.3 Å². The van der Waals surface area contributed by atoms with E-state index in [1.807, 2.05) is 6.55 Å². The van der Waals surface area contributed by atoms with E-state index < -0.39 is 27.1 Å². The van der Waals surface area contributed by atoms with Crippen LogP contribution in [0.3, 0.4) is 0 Å². The smallest absolute Gasteiger partial charge is 0.373 e. The van der Waals surface area contributed by atoms with Gasteiger partial charge < -0.3 is 12.3 Å². The Morgan fingerprint density at radius 2 is 1.69 bits per heavy atom. The summed E-state index contributed by atoms with van der Waals surface area (Å²) in [6.07, 6.45) is 0. The highest BCUT2D eigenvalue weighted by molar-refractivity contribution is 6.93. The van der Waals surface area contributed by atoms with E-state index in [1.165, 1.54) is 0 Å². The Kier molecular flexibility index (Phi) is 3.22. The third-order valence-corrected chi connectivity index (χ3v) is 11.7. The predicted octanol–water partition coefficient (Wildman–Crippen LogP) is 0.738. The van der Waals surface area contributed by atoms with E-state index in [4.69, 9.17) is 12.3 Å². The molecule has 13 heavy (non-hydrogen) atoms. The zero-order valence-corrected chi connectivity index (χ0v) is 11.2. The lowest BCUT2D eigenvalue weighted by Gasteiger charge is -2.39. The zero-order chi connectivity index (χ0) is 9.95. The van der Waals surface area contributed by atoms with Gasteiger partial charge in [0.05, 0.1) is 0 Å². The molecule has 6 heteroatoms. The minimum Gasteiger partial charge on any atom is -0.417 e. The van der Waals surface area contributed by atoms with E-state index in [-0.39, 0.29) is 0 Å². The van der Waals surface area contributed by atoms with Crippen LogP contribution >= 0.6 is 0 Å². The highest BCUT2D eigenvalue weighted by Gasteiger charge is 2.45. The average molecular weight is 230 g/mol. The molecule has 1 saturated heterocycles. The maximum absolute atomic E-state index is 5.82. The summed E-state index contributed by atoms with van der Waals surface area (Å²) in [7, 11) is -5.45. The van der Waals surface area contributed by atoms with Crippen LogP contribution in [0, 0.1) is 0 Å². The maximum atomic E-state index is 5.82. The third-order valence-electron chi connectivity index (χ3n) is 1.93. The van der Waals surface area contributed by atoms with Crippen LogP contribution in [0.4, 0.5) is 0 Å². The first kappa shape index (κ1) is 10.8. The van der Waals surface area contributed by atoms with Crippen molar-refractivity contribution in [3.63, 3.8) is 0 Å². The Balaban J connectivity index is 2.86. The van der Waals surface area contributed by atoms with Crippen molar-refractivity contribution in [2.75, 3.05) is 0 Å². The molecule has 0 bridgehead atoms. The maximum Gasteiger partial charge on any atom is 0.373 e. The Morgan fingerprint density at radius 1 is 1.08 bits per heavy atom. The highest BCUT2D eigenvalue weighted by Crippen LogP contribution is 2.23. The number of rotatable bonds is 3. The van der Waals surface area contributed by atoms with Crippen LogP contribution in [0.2, 0.25) is 6.55 Å². The molecule has 1 heterocycles. The molecule has 0 amide bonds. The lowest BCUT2D eigenvalue weighted by atomic mass is 11.2. The van der Waals surface area contributed by atoms with Gasteiger partial charge in [-0.2, -0.15) is 0 Å². The second kappa shape index (κ2) is 3.86. The van der Waals surface area contributed by atoms with Gasteiger partial charge in [-0.05, 0) is 17.9 Å². The van der Waals surface area contributed by atoms with Gasteiger partial charge in [0, 0.05) is 0 Å². The summed E-state index contributed by atoms with van der Waals surface area (Å²) < 4.78 is 16.9. The fourth-order valence-electron chi connectivity index (χ4n) is 0.999. The van der Waals surface area contributed by atoms with E-state index in [2.05, 4.69) is 19.7 Å². The van der Waals surface area contributed by atoms with Gasteiger partial charge in [0.2, 0.25) is 0 Å². The van der Waals surface area contributed by atoms with Gasteiger partial charge in [0.15, 0.2) is 0 Å². The molecular weight excluding hydrogens is 216 g/mol. The fraction of sp³-hybridized carbons (Fsp3) is 0.143. The Morgan fingerprint density at radius 3 is 2.15 bits per heavy atom. The van der Waals surface area contributed by atoms with Crippen LogP contribution in [-0.2, 0) is 12.3 Å². The first-order chi connectivity index (χ1) is 6.10. The van der Waals surface area contributed by atoms with Gasteiger partial charge in [-0.25, -0.2) is 0 Å². The summed E-state index contributed by atoms with van der Waals surface area (Å²) in [5.41, 5.74) is 5.26. The molecule has 3 nitrogen and oxygen atoms in total. The van der Waals surface area contributed by atoms with Crippen LogP contribution < -0.4 is 0 Å². The minimum atomic E-state index is -2.33. The average Bonchev–Trinajstić information content (AvgIpc) is 2.18. The van der Waals surface area contributed by atoms with E-state index in [9.17, 15) is 0 Å². The van der Waals surface area contributed by atoms with Crippen molar-refractivity contribution < 1.29 is 12.3 Å². The summed E-state index contributed by atoms with van der Waals surface area (Å²) in [6.45, 7) is 13.1. The monoisotopic (exact) mass is 230 g/mol. The van der Waals surface area contributed by atoms with E-state index in [0.717, 1.165) is 0 Å². The van der Waals surface area contributed by atoms with Gasteiger partial charge in [-0.3, -0.25) is 0 Å². The van der Waals surface area contributed by atoms with Gasteiger partial charge in [0.1, 0.15) is 0 Å². The molecule has 1 fully saturated rings. The molecule has 0 aromatic rings. The van der Waals surface area contributed by atoms with Crippen molar-refractivity contribution in [2.24, 2.45) is 0 Å². The summed E-state index contributed by atoms with van der Waals surface area (Å²) in [6, 6.07) is 0. The Bertz CT molecular complexity index is 235. The quantitative estimate of drug-likeness (QED) is 0.669. The SMILES string of the molecule is C=C[Si]1(C)O[SiH2]O[Si](C=C)(C=C)O1. The molecule has 0 saturated carbocycles. The van der Waals surface area contributed by atoms with Crippen molar-refractivity contribution in [3.05, 3.63) is 36.8 Å². The molecule has 1 rings (SSSR count). The normalized spacial score (nSPS) is 33.9. The van der Waals surface area contributed by atoms with Gasteiger partial charge in [0.25, 0.3) is 10.0 Å². The highest BCUT2D eigenvalue weighted by atomic mass is 28.5. The molecule has 0 aliphatic carbocycles. The minimum absolute atomic E-state index is 0.948. The molecule has 72 valence electrons. The summed E-state index contributed by atoms with van der Waals surface area (Å²) in [5.74, 6) is 0. The summed E-state index contributed by atoms with van der Waals surface area (Å²) in [5, 5.41) is 0. The molecule has 0 radical (unpaired) electrons. The number of hydrogen-bond acceptors (Lipinski definition) is 3. The molecular formula is C7H14O3Si3. The summed E-state index contributed by atoms with van der Waals surface area (Å²) in [4.78, 5) is 0. The van der Waals surface area contributed by atoms with Crippen LogP contribution in [0.1, 0.15) is 0 Å². The largest absolute Gasteiger partial charge is 0.417 e. The van der Waals surface area contributed by atoms with Crippen molar-refractivity contribution in [2.45, 2.75) is 6.55 Å². The van der Waals surface area contributed by atoms with Gasteiger partial charge in [-0.1, -0.05) is 5.70 Å².